The number of ether oxygens (including phenoxy) is 1. The van der Waals surface area contributed by atoms with Gasteiger partial charge in [0, 0.05) is 49.6 Å². The highest BCUT2D eigenvalue weighted by molar-refractivity contribution is 7.89. The second-order valence-electron chi connectivity index (χ2n) is 6.96. The standard InChI is InChI=1S/C20H20FN5O5S/c21-16-4-3-15(12-17(16)32(28,29)26-8-10-30-11-9-26)23-18(27)5-6-19-24-20(25-31-19)14-2-1-7-22-13-14/h1-4,7,12-13H,5-6,8-11H2,(H,23,27). The number of hydrogen-bond acceptors (Lipinski definition) is 8. The Morgan fingerprint density at radius 2 is 2.03 bits per heavy atom. The zero-order chi connectivity index (χ0) is 22.6. The van der Waals surface area contributed by atoms with Gasteiger partial charge in [0.05, 0.1) is 13.2 Å². The molecular formula is C20H20FN5O5S. The monoisotopic (exact) mass is 461 g/mol. The molecule has 3 heterocycles. The normalized spacial score (nSPS) is 14.9. The van der Waals surface area contributed by atoms with Crippen molar-refractivity contribution in [2.75, 3.05) is 31.6 Å². The quantitative estimate of drug-likeness (QED) is 0.565. The number of aromatic nitrogens is 3. The first-order chi connectivity index (χ1) is 15.4. The van der Waals surface area contributed by atoms with Gasteiger partial charge in [-0.1, -0.05) is 5.16 Å². The average molecular weight is 461 g/mol. The predicted molar refractivity (Wildman–Crippen MR) is 110 cm³/mol. The van der Waals surface area contributed by atoms with E-state index in [1.54, 1.807) is 24.5 Å². The summed E-state index contributed by atoms with van der Waals surface area (Å²) in [5.74, 6) is -0.658. The van der Waals surface area contributed by atoms with E-state index in [4.69, 9.17) is 9.26 Å². The summed E-state index contributed by atoms with van der Waals surface area (Å²) in [5.41, 5.74) is 0.858. The number of nitrogens with zero attached hydrogens (tertiary/aromatic N) is 4. The van der Waals surface area contributed by atoms with Crippen LogP contribution in [0.15, 0.2) is 52.1 Å². The Bertz CT molecular complexity index is 1200. The topological polar surface area (TPSA) is 128 Å². The van der Waals surface area contributed by atoms with E-state index in [1.165, 1.54) is 6.07 Å². The van der Waals surface area contributed by atoms with Crippen LogP contribution in [0.5, 0.6) is 0 Å². The molecule has 1 saturated heterocycles. The Kier molecular flexibility index (Phi) is 6.53. The van der Waals surface area contributed by atoms with Gasteiger partial charge in [-0.25, -0.2) is 12.8 Å². The number of pyridine rings is 1. The van der Waals surface area contributed by atoms with Crippen molar-refractivity contribution in [2.24, 2.45) is 0 Å². The third-order valence-corrected chi connectivity index (χ3v) is 6.67. The van der Waals surface area contributed by atoms with Crippen LogP contribution in [0.4, 0.5) is 10.1 Å². The first-order valence-corrected chi connectivity index (χ1v) is 11.3. The van der Waals surface area contributed by atoms with E-state index in [9.17, 15) is 17.6 Å². The molecule has 10 nitrogen and oxygen atoms in total. The number of benzene rings is 1. The lowest BCUT2D eigenvalue weighted by molar-refractivity contribution is -0.116. The molecule has 0 atom stereocenters. The van der Waals surface area contributed by atoms with Crippen molar-refractivity contribution in [3.8, 4) is 11.4 Å². The molecule has 1 aliphatic rings. The molecule has 4 rings (SSSR count). The summed E-state index contributed by atoms with van der Waals surface area (Å²) in [7, 11) is -4.04. The number of anilines is 1. The number of hydrogen-bond donors (Lipinski definition) is 1. The molecule has 0 radical (unpaired) electrons. The van der Waals surface area contributed by atoms with E-state index in [2.05, 4.69) is 20.4 Å². The minimum Gasteiger partial charge on any atom is -0.379 e. The number of nitrogens with one attached hydrogen (secondary N) is 1. The maximum absolute atomic E-state index is 14.3. The van der Waals surface area contributed by atoms with Gasteiger partial charge in [0.25, 0.3) is 0 Å². The fraction of sp³-hybridized carbons (Fsp3) is 0.300. The SMILES string of the molecule is O=C(CCc1nc(-c2cccnc2)no1)Nc1ccc(F)c(S(=O)(=O)N2CCOCC2)c1. The van der Waals surface area contributed by atoms with Crippen LogP contribution in [-0.4, -0.2) is 60.1 Å². The highest BCUT2D eigenvalue weighted by Gasteiger charge is 2.29. The van der Waals surface area contributed by atoms with Gasteiger partial charge in [-0.2, -0.15) is 9.29 Å². The number of morpholine rings is 1. The average Bonchev–Trinajstić information content (AvgIpc) is 3.29. The lowest BCUT2D eigenvalue weighted by Gasteiger charge is -2.26. The van der Waals surface area contributed by atoms with Crippen molar-refractivity contribution in [2.45, 2.75) is 17.7 Å². The van der Waals surface area contributed by atoms with Gasteiger partial charge >= 0.3 is 0 Å². The second-order valence-corrected chi connectivity index (χ2v) is 8.87. The smallest absolute Gasteiger partial charge is 0.246 e. The summed E-state index contributed by atoms with van der Waals surface area (Å²) in [4.78, 5) is 20.1. The Balaban J connectivity index is 1.39. The molecule has 0 aliphatic carbocycles. The van der Waals surface area contributed by atoms with E-state index in [-0.39, 0.29) is 50.7 Å². The molecular weight excluding hydrogens is 441 g/mol. The molecule has 0 unspecified atom stereocenters. The van der Waals surface area contributed by atoms with Crippen molar-refractivity contribution < 1.29 is 26.9 Å². The summed E-state index contributed by atoms with van der Waals surface area (Å²) >= 11 is 0. The number of halogens is 1. The Hall–Kier alpha value is -3.22. The zero-order valence-corrected chi connectivity index (χ0v) is 17.7. The Morgan fingerprint density at radius 1 is 1.22 bits per heavy atom. The van der Waals surface area contributed by atoms with Gasteiger partial charge < -0.3 is 14.6 Å². The molecule has 1 fully saturated rings. The molecule has 3 aromatic rings. The van der Waals surface area contributed by atoms with Crippen molar-refractivity contribution in [3.05, 3.63) is 54.4 Å². The molecule has 1 aliphatic heterocycles. The van der Waals surface area contributed by atoms with Crippen LogP contribution in [0.1, 0.15) is 12.3 Å². The molecule has 168 valence electrons. The van der Waals surface area contributed by atoms with Gasteiger partial charge in [-0.15, -0.1) is 0 Å². The Morgan fingerprint density at radius 3 is 2.78 bits per heavy atom. The second kappa shape index (κ2) is 9.51. The molecule has 0 saturated carbocycles. The highest BCUT2D eigenvalue weighted by Crippen LogP contribution is 2.24. The largest absolute Gasteiger partial charge is 0.379 e. The number of rotatable bonds is 7. The van der Waals surface area contributed by atoms with Gasteiger partial charge in [0.15, 0.2) is 0 Å². The fourth-order valence-electron chi connectivity index (χ4n) is 3.12. The molecule has 1 aromatic carbocycles. The fourth-order valence-corrected chi connectivity index (χ4v) is 4.62. The number of amides is 1. The molecule has 0 bridgehead atoms. The van der Waals surface area contributed by atoms with E-state index < -0.39 is 26.6 Å². The maximum atomic E-state index is 14.3. The van der Waals surface area contributed by atoms with E-state index in [1.807, 2.05) is 0 Å². The lowest BCUT2D eigenvalue weighted by atomic mass is 10.2. The number of aryl methyl sites for hydroxylation is 1. The third-order valence-electron chi connectivity index (χ3n) is 4.76. The zero-order valence-electron chi connectivity index (χ0n) is 16.9. The minimum absolute atomic E-state index is 0.0115. The van der Waals surface area contributed by atoms with Gasteiger partial charge in [-0.3, -0.25) is 9.78 Å². The van der Waals surface area contributed by atoms with Crippen molar-refractivity contribution in [1.29, 1.82) is 0 Å². The number of carbonyl (C=O) groups excluding carboxylic acids is 1. The first-order valence-electron chi connectivity index (χ1n) is 9.84. The van der Waals surface area contributed by atoms with Gasteiger partial charge in [-0.05, 0) is 30.3 Å². The van der Waals surface area contributed by atoms with Crippen LogP contribution in [0.25, 0.3) is 11.4 Å². The lowest BCUT2D eigenvalue weighted by Crippen LogP contribution is -2.40. The van der Waals surface area contributed by atoms with Crippen molar-refractivity contribution in [1.82, 2.24) is 19.4 Å². The Labute approximate surface area is 183 Å². The predicted octanol–water partition coefficient (Wildman–Crippen LogP) is 1.86. The highest BCUT2D eigenvalue weighted by atomic mass is 32.2. The van der Waals surface area contributed by atoms with Crippen LogP contribution >= 0.6 is 0 Å². The van der Waals surface area contributed by atoms with Gasteiger partial charge in [0.1, 0.15) is 10.7 Å². The van der Waals surface area contributed by atoms with Crippen molar-refractivity contribution >= 4 is 21.6 Å². The number of sulfonamides is 1. The molecule has 12 heteroatoms. The maximum Gasteiger partial charge on any atom is 0.246 e. The molecule has 1 N–H and O–H groups in total. The van der Waals surface area contributed by atoms with Crippen LogP contribution in [0.2, 0.25) is 0 Å². The molecule has 0 spiro atoms. The van der Waals surface area contributed by atoms with Crippen LogP contribution < -0.4 is 5.32 Å². The molecule has 32 heavy (non-hydrogen) atoms. The first kappa shape index (κ1) is 22.0. The number of carbonyl (C=O) groups is 1. The third kappa shape index (κ3) is 4.98. The van der Waals surface area contributed by atoms with Gasteiger partial charge in [0.2, 0.25) is 27.6 Å². The molecule has 2 aromatic heterocycles. The molecule has 1 amide bonds. The summed E-state index contributed by atoms with van der Waals surface area (Å²) in [6.07, 6.45) is 3.41. The van der Waals surface area contributed by atoms with Crippen LogP contribution in [0.3, 0.4) is 0 Å². The summed E-state index contributed by atoms with van der Waals surface area (Å²) < 4.78 is 51.3. The minimum atomic E-state index is -4.04. The summed E-state index contributed by atoms with van der Waals surface area (Å²) in [6, 6.07) is 6.96. The van der Waals surface area contributed by atoms with Crippen molar-refractivity contribution in [3.63, 3.8) is 0 Å². The van der Waals surface area contributed by atoms with E-state index in [0.29, 0.717) is 11.4 Å². The van der Waals surface area contributed by atoms with Crippen LogP contribution in [0, 0.1) is 5.82 Å². The summed E-state index contributed by atoms with van der Waals surface area (Å²) in [5, 5.41) is 6.44. The van der Waals surface area contributed by atoms with E-state index in [0.717, 1.165) is 16.4 Å². The summed E-state index contributed by atoms with van der Waals surface area (Å²) in [6.45, 7) is 0.776. The van der Waals surface area contributed by atoms with Crippen LogP contribution in [-0.2, 0) is 26.0 Å². The van der Waals surface area contributed by atoms with E-state index >= 15 is 0 Å².